The van der Waals surface area contributed by atoms with E-state index in [2.05, 4.69) is 34.2 Å². The quantitative estimate of drug-likeness (QED) is 0.656. The third-order valence-corrected chi connectivity index (χ3v) is 3.36. The van der Waals surface area contributed by atoms with Gasteiger partial charge < -0.3 is 5.32 Å². The summed E-state index contributed by atoms with van der Waals surface area (Å²) in [5, 5.41) is 3.29. The summed E-state index contributed by atoms with van der Waals surface area (Å²) < 4.78 is 13.7. The molecule has 4 heteroatoms. The molecule has 0 unspecified atom stereocenters. The Kier molecular flexibility index (Phi) is 5.62. The Balaban J connectivity index is 2.42. The highest BCUT2D eigenvalue weighted by atomic mass is 127. The lowest BCUT2D eigenvalue weighted by atomic mass is 10.3. The van der Waals surface area contributed by atoms with E-state index in [1.807, 2.05) is 11.8 Å². The van der Waals surface area contributed by atoms with Crippen LogP contribution < -0.4 is 5.32 Å². The van der Waals surface area contributed by atoms with Crippen molar-refractivity contribution in [2.75, 3.05) is 23.9 Å². The third kappa shape index (κ3) is 4.04. The van der Waals surface area contributed by atoms with Gasteiger partial charge in [0.05, 0.1) is 0 Å². The van der Waals surface area contributed by atoms with E-state index >= 15 is 0 Å². The minimum absolute atomic E-state index is 0.177. The first-order valence-electron chi connectivity index (χ1n) is 4.42. The minimum Gasteiger partial charge on any atom is -0.384 e. The first-order valence-corrected chi connectivity index (χ1v) is 6.89. The Morgan fingerprint density at radius 1 is 1.50 bits per heavy atom. The predicted octanol–water partition coefficient (Wildman–Crippen LogP) is 3.60. The number of thioether (sulfide) groups is 1. The summed E-state index contributed by atoms with van der Waals surface area (Å²) in [4.78, 5) is 0. The Morgan fingerprint density at radius 2 is 2.29 bits per heavy atom. The SMILES string of the molecule is CSCCCNc1ccc(F)cc1I. The molecule has 1 nitrogen and oxygen atoms in total. The van der Waals surface area contributed by atoms with Gasteiger partial charge in [0.15, 0.2) is 0 Å². The average molecular weight is 325 g/mol. The maximum absolute atomic E-state index is 12.8. The average Bonchev–Trinajstić information content (AvgIpc) is 2.15. The second-order valence-corrected chi connectivity index (χ2v) is 5.05. The molecular weight excluding hydrogens is 312 g/mol. The van der Waals surface area contributed by atoms with Crippen molar-refractivity contribution in [1.82, 2.24) is 0 Å². The number of hydrogen-bond acceptors (Lipinski definition) is 2. The van der Waals surface area contributed by atoms with E-state index in [0.717, 1.165) is 28.0 Å². The molecular formula is C10H13FINS. The first-order chi connectivity index (χ1) is 6.74. The van der Waals surface area contributed by atoms with Crippen LogP contribution in [0, 0.1) is 9.39 Å². The molecule has 0 saturated carbocycles. The molecule has 0 heterocycles. The fourth-order valence-electron chi connectivity index (χ4n) is 1.07. The molecule has 78 valence electrons. The second-order valence-electron chi connectivity index (χ2n) is 2.90. The normalized spacial score (nSPS) is 10.2. The van der Waals surface area contributed by atoms with E-state index < -0.39 is 0 Å². The highest BCUT2D eigenvalue weighted by molar-refractivity contribution is 14.1. The molecule has 0 aromatic heterocycles. The Hall–Kier alpha value is 0.0300. The fourth-order valence-corrected chi connectivity index (χ4v) is 2.17. The standard InChI is InChI=1S/C10H13FINS/c1-14-6-2-5-13-10-4-3-8(11)7-9(10)12/h3-4,7,13H,2,5-6H2,1H3. The molecule has 0 atom stereocenters. The van der Waals surface area contributed by atoms with E-state index in [-0.39, 0.29) is 5.82 Å². The number of benzene rings is 1. The number of anilines is 1. The van der Waals surface area contributed by atoms with Crippen LogP contribution in [0.1, 0.15) is 6.42 Å². The van der Waals surface area contributed by atoms with E-state index in [4.69, 9.17) is 0 Å². The van der Waals surface area contributed by atoms with Gasteiger partial charge in [-0.3, -0.25) is 0 Å². The predicted molar refractivity (Wildman–Crippen MR) is 70.6 cm³/mol. The van der Waals surface area contributed by atoms with Crippen LogP contribution in [0.4, 0.5) is 10.1 Å². The Labute approximate surface area is 102 Å². The molecule has 0 aliphatic carbocycles. The summed E-state index contributed by atoms with van der Waals surface area (Å²) in [6.07, 6.45) is 3.23. The van der Waals surface area contributed by atoms with Crippen molar-refractivity contribution in [2.24, 2.45) is 0 Å². The lowest BCUT2D eigenvalue weighted by molar-refractivity contribution is 0.627. The second kappa shape index (κ2) is 6.50. The molecule has 0 amide bonds. The van der Waals surface area contributed by atoms with E-state index in [0.29, 0.717) is 0 Å². The van der Waals surface area contributed by atoms with Crippen LogP contribution in [0.5, 0.6) is 0 Å². The Bertz CT molecular complexity index is 293. The first kappa shape index (κ1) is 12.1. The summed E-state index contributed by atoms with van der Waals surface area (Å²) >= 11 is 3.98. The zero-order chi connectivity index (χ0) is 10.4. The molecule has 1 rings (SSSR count). The summed E-state index contributed by atoms with van der Waals surface area (Å²) in [5.74, 6) is 0.981. The lowest BCUT2D eigenvalue weighted by Crippen LogP contribution is -2.03. The molecule has 0 spiro atoms. The molecule has 1 aromatic carbocycles. The minimum atomic E-state index is -0.177. The molecule has 1 aromatic rings. The maximum atomic E-state index is 12.8. The summed E-state index contributed by atoms with van der Waals surface area (Å²) in [6, 6.07) is 4.81. The van der Waals surface area contributed by atoms with Crippen molar-refractivity contribution < 1.29 is 4.39 Å². The van der Waals surface area contributed by atoms with Crippen LogP contribution in [0.25, 0.3) is 0 Å². The van der Waals surface area contributed by atoms with Crippen molar-refractivity contribution in [3.8, 4) is 0 Å². The summed E-state index contributed by atoms with van der Waals surface area (Å²) in [6.45, 7) is 0.947. The van der Waals surface area contributed by atoms with Crippen LogP contribution in [0.2, 0.25) is 0 Å². The maximum Gasteiger partial charge on any atom is 0.124 e. The van der Waals surface area contributed by atoms with Gasteiger partial charge in [-0.1, -0.05) is 0 Å². The summed E-state index contributed by atoms with van der Waals surface area (Å²) in [7, 11) is 0. The van der Waals surface area contributed by atoms with Crippen molar-refractivity contribution >= 4 is 40.0 Å². The molecule has 0 radical (unpaired) electrons. The van der Waals surface area contributed by atoms with Crippen LogP contribution in [0.15, 0.2) is 18.2 Å². The fraction of sp³-hybridized carbons (Fsp3) is 0.400. The van der Waals surface area contributed by atoms with Gasteiger partial charge in [0.25, 0.3) is 0 Å². The zero-order valence-electron chi connectivity index (χ0n) is 8.02. The van der Waals surface area contributed by atoms with Gasteiger partial charge in [0.1, 0.15) is 5.82 Å². The smallest absolute Gasteiger partial charge is 0.124 e. The van der Waals surface area contributed by atoms with Crippen molar-refractivity contribution in [2.45, 2.75) is 6.42 Å². The molecule has 0 fully saturated rings. The highest BCUT2D eigenvalue weighted by Crippen LogP contribution is 2.18. The number of halogens is 2. The van der Waals surface area contributed by atoms with Crippen LogP contribution in [0.3, 0.4) is 0 Å². The van der Waals surface area contributed by atoms with Crippen LogP contribution in [-0.4, -0.2) is 18.6 Å². The zero-order valence-corrected chi connectivity index (χ0v) is 11.0. The monoisotopic (exact) mass is 325 g/mol. The molecule has 0 bridgehead atoms. The topological polar surface area (TPSA) is 12.0 Å². The summed E-state index contributed by atoms with van der Waals surface area (Å²) in [5.41, 5.74) is 1.02. The lowest BCUT2D eigenvalue weighted by Gasteiger charge is -2.07. The number of rotatable bonds is 5. The molecule has 0 aliphatic heterocycles. The molecule has 0 aliphatic rings. The van der Waals surface area contributed by atoms with Gasteiger partial charge in [-0.05, 0) is 59.2 Å². The van der Waals surface area contributed by atoms with Crippen molar-refractivity contribution in [3.63, 3.8) is 0 Å². The molecule has 0 saturated heterocycles. The van der Waals surface area contributed by atoms with Crippen molar-refractivity contribution in [3.05, 3.63) is 27.6 Å². The van der Waals surface area contributed by atoms with Gasteiger partial charge in [0, 0.05) is 15.8 Å². The van der Waals surface area contributed by atoms with E-state index in [9.17, 15) is 4.39 Å². The van der Waals surface area contributed by atoms with E-state index in [1.165, 1.54) is 12.1 Å². The Morgan fingerprint density at radius 3 is 2.93 bits per heavy atom. The number of nitrogens with one attached hydrogen (secondary N) is 1. The number of hydrogen-bond donors (Lipinski definition) is 1. The largest absolute Gasteiger partial charge is 0.384 e. The van der Waals surface area contributed by atoms with Gasteiger partial charge in [-0.15, -0.1) is 0 Å². The van der Waals surface area contributed by atoms with Crippen molar-refractivity contribution in [1.29, 1.82) is 0 Å². The highest BCUT2D eigenvalue weighted by Gasteiger charge is 1.99. The van der Waals surface area contributed by atoms with Gasteiger partial charge in [0.2, 0.25) is 0 Å². The van der Waals surface area contributed by atoms with E-state index in [1.54, 1.807) is 6.07 Å². The van der Waals surface area contributed by atoms with Gasteiger partial charge in [-0.25, -0.2) is 4.39 Å². The van der Waals surface area contributed by atoms with Gasteiger partial charge >= 0.3 is 0 Å². The molecule has 14 heavy (non-hydrogen) atoms. The van der Waals surface area contributed by atoms with Crippen LogP contribution in [-0.2, 0) is 0 Å². The third-order valence-electron chi connectivity index (χ3n) is 1.77. The van der Waals surface area contributed by atoms with Crippen LogP contribution >= 0.6 is 34.4 Å². The molecule has 1 N–H and O–H groups in total. The van der Waals surface area contributed by atoms with Gasteiger partial charge in [-0.2, -0.15) is 11.8 Å².